The molecule has 0 aromatic heterocycles. The van der Waals surface area contributed by atoms with Crippen LogP contribution in [0.15, 0.2) is 0 Å². The Labute approximate surface area is 83.1 Å². The standard InChI is InChI=1S/C8H13NO3.ClH/c1-12-5-8-2-7(3-8,4-9-8)6(10)11;/h9H,2-5H2,1H3,(H,10,11);1H. The van der Waals surface area contributed by atoms with E-state index in [2.05, 4.69) is 5.32 Å². The average molecular weight is 208 g/mol. The first-order valence-corrected chi connectivity index (χ1v) is 4.10. The molecule has 1 saturated carbocycles. The molecule has 5 heteroatoms. The van der Waals surface area contributed by atoms with Gasteiger partial charge in [-0.15, -0.1) is 12.4 Å². The number of rotatable bonds is 3. The van der Waals surface area contributed by atoms with Crippen molar-refractivity contribution in [1.29, 1.82) is 0 Å². The predicted molar refractivity (Wildman–Crippen MR) is 49.2 cm³/mol. The third-order valence-electron chi connectivity index (χ3n) is 3.03. The molecule has 0 radical (unpaired) electrons. The first kappa shape index (κ1) is 10.8. The molecule has 0 atom stereocenters. The summed E-state index contributed by atoms with van der Waals surface area (Å²) in [7, 11) is 1.65. The fourth-order valence-corrected chi connectivity index (χ4v) is 2.51. The lowest BCUT2D eigenvalue weighted by molar-refractivity contribution is -0.154. The lowest BCUT2D eigenvalue weighted by Gasteiger charge is -2.42. The van der Waals surface area contributed by atoms with Crippen LogP contribution in [0.2, 0.25) is 0 Å². The van der Waals surface area contributed by atoms with Gasteiger partial charge in [-0.25, -0.2) is 0 Å². The highest BCUT2D eigenvalue weighted by Gasteiger charge is 2.64. The van der Waals surface area contributed by atoms with Gasteiger partial charge in [0.15, 0.2) is 0 Å². The molecular weight excluding hydrogens is 194 g/mol. The van der Waals surface area contributed by atoms with Gasteiger partial charge in [0.25, 0.3) is 0 Å². The highest BCUT2D eigenvalue weighted by molar-refractivity contribution is 5.85. The summed E-state index contributed by atoms with van der Waals surface area (Å²) < 4.78 is 5.04. The van der Waals surface area contributed by atoms with E-state index in [9.17, 15) is 4.79 Å². The number of carboxylic acid groups (broad SMARTS) is 1. The number of aliphatic carboxylic acids is 1. The molecule has 2 heterocycles. The minimum absolute atomic E-state index is 0. The summed E-state index contributed by atoms with van der Waals surface area (Å²) >= 11 is 0. The van der Waals surface area contributed by atoms with E-state index in [1.165, 1.54) is 0 Å². The van der Waals surface area contributed by atoms with Gasteiger partial charge < -0.3 is 15.2 Å². The van der Waals surface area contributed by atoms with E-state index in [-0.39, 0.29) is 17.9 Å². The summed E-state index contributed by atoms with van der Waals surface area (Å²) in [5.74, 6) is -0.667. The fraction of sp³-hybridized carbons (Fsp3) is 0.875. The van der Waals surface area contributed by atoms with Crippen LogP contribution in [0.1, 0.15) is 12.8 Å². The van der Waals surface area contributed by atoms with Crippen LogP contribution in [0, 0.1) is 5.41 Å². The second-order valence-corrected chi connectivity index (χ2v) is 4.01. The van der Waals surface area contributed by atoms with Crippen LogP contribution in [0.5, 0.6) is 0 Å². The molecule has 0 amide bonds. The normalized spacial score (nSPS) is 40.7. The molecule has 2 N–H and O–H groups in total. The summed E-state index contributed by atoms with van der Waals surface area (Å²) in [5.41, 5.74) is -0.494. The van der Waals surface area contributed by atoms with Crippen LogP contribution in [-0.4, -0.2) is 36.9 Å². The van der Waals surface area contributed by atoms with Crippen molar-refractivity contribution in [1.82, 2.24) is 5.32 Å². The molecule has 3 rings (SSSR count). The van der Waals surface area contributed by atoms with Crippen molar-refractivity contribution in [2.24, 2.45) is 5.41 Å². The quantitative estimate of drug-likeness (QED) is 0.697. The van der Waals surface area contributed by atoms with Gasteiger partial charge in [-0.2, -0.15) is 0 Å². The van der Waals surface area contributed by atoms with Gasteiger partial charge in [0, 0.05) is 19.2 Å². The van der Waals surface area contributed by atoms with E-state index in [0.29, 0.717) is 13.2 Å². The Hall–Kier alpha value is -0.320. The zero-order valence-corrected chi connectivity index (χ0v) is 8.32. The molecule has 3 aliphatic rings. The summed E-state index contributed by atoms with van der Waals surface area (Å²) in [4.78, 5) is 10.8. The highest BCUT2D eigenvalue weighted by atomic mass is 35.5. The molecule has 76 valence electrons. The molecule has 4 nitrogen and oxygen atoms in total. The molecule has 2 aliphatic heterocycles. The van der Waals surface area contributed by atoms with Crippen LogP contribution in [0.4, 0.5) is 0 Å². The molecule has 3 fully saturated rings. The summed E-state index contributed by atoms with van der Waals surface area (Å²) in [6, 6.07) is 0. The summed E-state index contributed by atoms with van der Waals surface area (Å²) in [5, 5.41) is 12.1. The van der Waals surface area contributed by atoms with Crippen LogP contribution in [-0.2, 0) is 9.53 Å². The minimum Gasteiger partial charge on any atom is -0.481 e. The Morgan fingerprint density at radius 3 is 2.62 bits per heavy atom. The van der Waals surface area contributed by atoms with E-state index >= 15 is 0 Å². The third-order valence-corrected chi connectivity index (χ3v) is 3.03. The van der Waals surface area contributed by atoms with Crippen molar-refractivity contribution in [3.05, 3.63) is 0 Å². The molecule has 2 saturated heterocycles. The van der Waals surface area contributed by atoms with Crippen molar-refractivity contribution in [2.45, 2.75) is 18.4 Å². The Morgan fingerprint density at radius 1 is 1.62 bits per heavy atom. The lowest BCUT2D eigenvalue weighted by Crippen LogP contribution is -2.53. The third kappa shape index (κ3) is 1.33. The fourth-order valence-electron chi connectivity index (χ4n) is 2.51. The maximum absolute atomic E-state index is 10.8. The van der Waals surface area contributed by atoms with Gasteiger partial charge >= 0.3 is 5.97 Å². The van der Waals surface area contributed by atoms with Gasteiger partial charge in [-0.3, -0.25) is 4.79 Å². The van der Waals surface area contributed by atoms with Gasteiger partial charge in [0.05, 0.1) is 12.0 Å². The Kier molecular flexibility index (Phi) is 2.58. The molecule has 0 aromatic carbocycles. The molecule has 13 heavy (non-hydrogen) atoms. The van der Waals surface area contributed by atoms with Crippen LogP contribution >= 0.6 is 12.4 Å². The predicted octanol–water partition coefficient (Wildman–Crippen LogP) is 0.261. The largest absolute Gasteiger partial charge is 0.481 e. The number of hydrogen-bond donors (Lipinski definition) is 2. The summed E-state index contributed by atoms with van der Waals surface area (Å²) in [6.45, 7) is 1.23. The van der Waals surface area contributed by atoms with Gasteiger partial charge in [0.1, 0.15) is 0 Å². The number of ether oxygens (including phenoxy) is 1. The number of carbonyl (C=O) groups is 1. The molecule has 2 bridgehead atoms. The lowest BCUT2D eigenvalue weighted by atomic mass is 9.62. The van der Waals surface area contributed by atoms with E-state index in [0.717, 1.165) is 12.8 Å². The van der Waals surface area contributed by atoms with Crippen molar-refractivity contribution in [3.8, 4) is 0 Å². The van der Waals surface area contributed by atoms with Gasteiger partial charge in [-0.1, -0.05) is 0 Å². The highest BCUT2D eigenvalue weighted by Crippen LogP contribution is 2.54. The minimum atomic E-state index is -0.667. The Balaban J connectivity index is 0.000000845. The monoisotopic (exact) mass is 207 g/mol. The topological polar surface area (TPSA) is 58.6 Å². The molecule has 0 spiro atoms. The molecular formula is C8H14ClNO3. The number of hydrogen-bond acceptors (Lipinski definition) is 3. The number of nitrogens with one attached hydrogen (secondary N) is 1. The van der Waals surface area contributed by atoms with Gasteiger partial charge in [-0.05, 0) is 12.8 Å². The molecule has 0 unspecified atom stereocenters. The van der Waals surface area contributed by atoms with Crippen molar-refractivity contribution in [2.75, 3.05) is 20.3 Å². The van der Waals surface area contributed by atoms with Crippen molar-refractivity contribution >= 4 is 18.4 Å². The van der Waals surface area contributed by atoms with E-state index in [1.807, 2.05) is 0 Å². The second-order valence-electron chi connectivity index (χ2n) is 4.01. The van der Waals surface area contributed by atoms with Crippen LogP contribution in [0.3, 0.4) is 0 Å². The van der Waals surface area contributed by atoms with Crippen molar-refractivity contribution < 1.29 is 14.6 Å². The molecule has 1 aliphatic carbocycles. The van der Waals surface area contributed by atoms with Crippen LogP contribution < -0.4 is 5.32 Å². The SMILES string of the molecule is COCC12CC(C(=O)O)(CN1)C2.Cl. The maximum atomic E-state index is 10.8. The Morgan fingerprint density at radius 2 is 2.23 bits per heavy atom. The summed E-state index contributed by atoms with van der Waals surface area (Å²) in [6.07, 6.45) is 1.45. The first-order chi connectivity index (χ1) is 5.63. The smallest absolute Gasteiger partial charge is 0.311 e. The van der Waals surface area contributed by atoms with E-state index in [4.69, 9.17) is 9.84 Å². The number of carboxylic acids is 1. The maximum Gasteiger partial charge on any atom is 0.311 e. The molecule has 0 aromatic rings. The number of methoxy groups -OCH3 is 1. The number of fused-ring (bicyclic) bond motifs is 1. The van der Waals surface area contributed by atoms with E-state index in [1.54, 1.807) is 7.11 Å². The van der Waals surface area contributed by atoms with Gasteiger partial charge in [0.2, 0.25) is 0 Å². The van der Waals surface area contributed by atoms with Crippen LogP contribution in [0.25, 0.3) is 0 Å². The van der Waals surface area contributed by atoms with Crippen molar-refractivity contribution in [3.63, 3.8) is 0 Å². The zero-order chi connectivity index (χ0) is 8.82. The Bertz CT molecular complexity index is 225. The first-order valence-electron chi connectivity index (χ1n) is 4.10. The zero-order valence-electron chi connectivity index (χ0n) is 7.50. The average Bonchev–Trinajstić information content (AvgIpc) is 2.42. The number of halogens is 1. The van der Waals surface area contributed by atoms with E-state index < -0.39 is 11.4 Å². The second kappa shape index (κ2) is 3.12.